The summed E-state index contributed by atoms with van der Waals surface area (Å²) in [4.78, 5) is 0. The average Bonchev–Trinajstić information content (AvgIpc) is 3.58. The topological polar surface area (TPSA) is 0 Å². The molecule has 0 heterocycles. The Morgan fingerprint density at radius 2 is 0.685 bits per heavy atom. The summed E-state index contributed by atoms with van der Waals surface area (Å²) in [7, 11) is 0. The molecule has 2 aliphatic rings. The van der Waals surface area contributed by atoms with Gasteiger partial charge in [-0.3, -0.25) is 0 Å². The van der Waals surface area contributed by atoms with Crippen LogP contribution >= 0.6 is 0 Å². The molecule has 256 valence electrons. The van der Waals surface area contributed by atoms with E-state index in [0.717, 1.165) is 0 Å². The van der Waals surface area contributed by atoms with Gasteiger partial charge in [0.15, 0.2) is 0 Å². The second-order valence-electron chi connectivity index (χ2n) is 16.4. The van der Waals surface area contributed by atoms with Crippen molar-refractivity contribution >= 4 is 32.3 Å². The van der Waals surface area contributed by atoms with Crippen LogP contribution < -0.4 is 0 Å². The number of benzene rings is 9. The molecule has 11 rings (SSSR count). The van der Waals surface area contributed by atoms with E-state index in [4.69, 9.17) is 0 Å². The molecule has 0 unspecified atom stereocenters. The maximum absolute atomic E-state index is 2.49. The third-order valence-corrected chi connectivity index (χ3v) is 12.9. The van der Waals surface area contributed by atoms with Crippen LogP contribution in [0.4, 0.5) is 0 Å². The lowest BCUT2D eigenvalue weighted by Crippen LogP contribution is -2.14. The number of rotatable bonds is 3. The normalized spacial score (nSPS) is 14.6. The van der Waals surface area contributed by atoms with Crippen LogP contribution in [-0.4, -0.2) is 0 Å². The van der Waals surface area contributed by atoms with Crippen molar-refractivity contribution < 1.29 is 0 Å². The highest BCUT2D eigenvalue weighted by Gasteiger charge is 2.36. The fraction of sp³-hybridized carbons (Fsp3) is 0.111. The second-order valence-corrected chi connectivity index (χ2v) is 16.4. The van der Waals surface area contributed by atoms with Crippen molar-refractivity contribution in [1.82, 2.24) is 0 Å². The van der Waals surface area contributed by atoms with Crippen LogP contribution in [0.3, 0.4) is 0 Å². The molecule has 0 atom stereocenters. The van der Waals surface area contributed by atoms with Crippen LogP contribution in [0, 0.1) is 0 Å². The van der Waals surface area contributed by atoms with Gasteiger partial charge in [-0.05, 0) is 128 Å². The Balaban J connectivity index is 1.21. The summed E-state index contributed by atoms with van der Waals surface area (Å²) in [6, 6.07) is 64.2. The molecule has 2 aliphatic carbocycles. The van der Waals surface area contributed by atoms with Gasteiger partial charge in [0, 0.05) is 10.8 Å². The molecule has 0 saturated carbocycles. The Kier molecular flexibility index (Phi) is 6.46. The van der Waals surface area contributed by atoms with Crippen molar-refractivity contribution in [3.63, 3.8) is 0 Å². The number of hydrogen-bond donors (Lipinski definition) is 0. The number of fused-ring (bicyclic) bond motifs is 9. The highest BCUT2D eigenvalue weighted by atomic mass is 14.4. The molecule has 0 radical (unpaired) electrons. The Morgan fingerprint density at radius 3 is 1.26 bits per heavy atom. The van der Waals surface area contributed by atoms with Crippen molar-refractivity contribution in [2.45, 2.75) is 38.5 Å². The monoisotopic (exact) mass is 688 g/mol. The summed E-state index contributed by atoms with van der Waals surface area (Å²) in [6.07, 6.45) is 0. The van der Waals surface area contributed by atoms with E-state index in [-0.39, 0.29) is 10.8 Å². The Bertz CT molecular complexity index is 2870. The molecule has 0 N–H and O–H groups in total. The summed E-state index contributed by atoms with van der Waals surface area (Å²) in [5.41, 5.74) is 18.6. The third-order valence-electron chi connectivity index (χ3n) is 12.9. The lowest BCUT2D eigenvalue weighted by molar-refractivity contribution is 0.660. The maximum Gasteiger partial charge on any atom is 0.0158 e. The van der Waals surface area contributed by atoms with Crippen LogP contribution in [-0.2, 0) is 10.8 Å². The third kappa shape index (κ3) is 4.26. The van der Waals surface area contributed by atoms with E-state index in [1.807, 2.05) is 0 Å². The minimum absolute atomic E-state index is 0.0263. The van der Waals surface area contributed by atoms with E-state index >= 15 is 0 Å². The molecular formula is C54H40. The van der Waals surface area contributed by atoms with Crippen LogP contribution in [0.1, 0.15) is 49.9 Å². The van der Waals surface area contributed by atoms with Gasteiger partial charge >= 0.3 is 0 Å². The standard InChI is InChI=1S/C54H40/c1-53(2)48-24-9-7-17-39(48)46-30-34(26-28-50(46)53)37-19-12-22-42-44(37)32-45-38(35-27-29-51-47(31-35)40-18-8-10-25-49(40)54(51,3)4)20-13-23-43(45)52(42)41-21-11-15-33-14-5-6-16-36(33)41/h5-32H,1-4H3. The van der Waals surface area contributed by atoms with E-state index in [1.54, 1.807) is 0 Å². The SMILES string of the molecule is CC1(C)c2ccccc2-c2cc(-c3cccc4c(-c5cccc6ccccc56)c5cccc(-c6ccc7c(c6)-c6ccccc6C7(C)C)c5cc34)ccc21. The highest BCUT2D eigenvalue weighted by molar-refractivity contribution is 6.21. The van der Waals surface area contributed by atoms with Gasteiger partial charge < -0.3 is 0 Å². The summed E-state index contributed by atoms with van der Waals surface area (Å²) < 4.78 is 0. The largest absolute Gasteiger partial charge is 0.0619 e. The van der Waals surface area contributed by atoms with Crippen molar-refractivity contribution in [3.8, 4) is 55.6 Å². The lowest BCUT2D eigenvalue weighted by atomic mass is 9.81. The molecule has 9 aromatic rings. The zero-order valence-electron chi connectivity index (χ0n) is 31.2. The van der Waals surface area contributed by atoms with Crippen LogP contribution in [0.25, 0.3) is 88.0 Å². The molecule has 0 heteroatoms. The molecular weight excluding hydrogens is 649 g/mol. The second kappa shape index (κ2) is 11.1. The Labute approximate surface area is 317 Å². The molecule has 9 aromatic carbocycles. The molecule has 54 heavy (non-hydrogen) atoms. The quantitative estimate of drug-likeness (QED) is 0.162. The van der Waals surface area contributed by atoms with E-state index in [1.165, 1.54) is 110 Å². The summed E-state index contributed by atoms with van der Waals surface area (Å²) >= 11 is 0. The first-order valence-corrected chi connectivity index (χ1v) is 19.3. The molecule has 0 nitrogen and oxygen atoms in total. The van der Waals surface area contributed by atoms with Crippen LogP contribution in [0.5, 0.6) is 0 Å². The summed E-state index contributed by atoms with van der Waals surface area (Å²) in [6.45, 7) is 9.44. The first-order valence-electron chi connectivity index (χ1n) is 19.3. The van der Waals surface area contributed by atoms with E-state index in [9.17, 15) is 0 Å². The zero-order chi connectivity index (χ0) is 36.3. The molecule has 0 aliphatic heterocycles. The molecule has 0 fully saturated rings. The van der Waals surface area contributed by atoms with Crippen molar-refractivity contribution in [1.29, 1.82) is 0 Å². The fourth-order valence-corrected chi connectivity index (χ4v) is 10.2. The lowest BCUT2D eigenvalue weighted by Gasteiger charge is -2.22. The maximum atomic E-state index is 2.49. The molecule has 0 saturated heterocycles. The van der Waals surface area contributed by atoms with Gasteiger partial charge in [-0.1, -0.05) is 179 Å². The predicted octanol–water partition coefficient (Wildman–Crippen LogP) is 14.8. The van der Waals surface area contributed by atoms with Crippen LogP contribution in [0.15, 0.2) is 170 Å². The van der Waals surface area contributed by atoms with E-state index < -0.39 is 0 Å². The van der Waals surface area contributed by atoms with Gasteiger partial charge in [-0.2, -0.15) is 0 Å². The van der Waals surface area contributed by atoms with Gasteiger partial charge in [-0.15, -0.1) is 0 Å². The fourth-order valence-electron chi connectivity index (χ4n) is 10.2. The minimum Gasteiger partial charge on any atom is -0.0619 e. The highest BCUT2D eigenvalue weighted by Crippen LogP contribution is 2.52. The minimum atomic E-state index is -0.0263. The smallest absolute Gasteiger partial charge is 0.0158 e. The summed E-state index contributed by atoms with van der Waals surface area (Å²) in [5, 5.41) is 7.64. The van der Waals surface area contributed by atoms with Gasteiger partial charge in [0.05, 0.1) is 0 Å². The van der Waals surface area contributed by atoms with Crippen molar-refractivity contribution in [2.24, 2.45) is 0 Å². The zero-order valence-corrected chi connectivity index (χ0v) is 31.2. The first-order chi connectivity index (χ1) is 26.3. The average molecular weight is 689 g/mol. The predicted molar refractivity (Wildman–Crippen MR) is 230 cm³/mol. The van der Waals surface area contributed by atoms with Crippen molar-refractivity contribution in [2.75, 3.05) is 0 Å². The molecule has 0 spiro atoms. The van der Waals surface area contributed by atoms with E-state index in [0.29, 0.717) is 0 Å². The number of hydrogen-bond acceptors (Lipinski definition) is 0. The molecule has 0 amide bonds. The van der Waals surface area contributed by atoms with Crippen molar-refractivity contribution in [3.05, 3.63) is 192 Å². The molecule has 0 bridgehead atoms. The van der Waals surface area contributed by atoms with Gasteiger partial charge in [0.2, 0.25) is 0 Å². The Hall–Kier alpha value is -6.24. The van der Waals surface area contributed by atoms with Gasteiger partial charge in [0.25, 0.3) is 0 Å². The van der Waals surface area contributed by atoms with Gasteiger partial charge in [-0.25, -0.2) is 0 Å². The van der Waals surface area contributed by atoms with Crippen LogP contribution in [0.2, 0.25) is 0 Å². The Morgan fingerprint density at radius 1 is 0.278 bits per heavy atom. The summed E-state index contributed by atoms with van der Waals surface area (Å²) in [5.74, 6) is 0. The van der Waals surface area contributed by atoms with Gasteiger partial charge in [0.1, 0.15) is 0 Å². The first kappa shape index (κ1) is 31.3. The van der Waals surface area contributed by atoms with E-state index in [2.05, 4.69) is 198 Å². The molecule has 0 aromatic heterocycles.